The zero-order valence-electron chi connectivity index (χ0n) is 11.2. The number of aromatic nitrogens is 1. The zero-order valence-corrected chi connectivity index (χ0v) is 12.0. The number of nitrogens with one attached hydrogen (secondary N) is 1. The average molecular weight is 294 g/mol. The minimum atomic E-state index is 0.102. The quantitative estimate of drug-likeness (QED) is 0.826. The third-order valence-electron chi connectivity index (χ3n) is 4.08. The largest absolute Gasteiger partial charge is 0.375 e. The molecule has 2 aliphatic heterocycles. The number of carbonyl (C=O) groups is 2. The molecule has 20 heavy (non-hydrogen) atoms. The lowest BCUT2D eigenvalue weighted by molar-refractivity contribution is -0.134. The van der Waals surface area contributed by atoms with Gasteiger partial charge in [-0.15, -0.1) is 11.3 Å². The molecule has 2 amide bonds. The van der Waals surface area contributed by atoms with Gasteiger partial charge in [0, 0.05) is 30.9 Å². The maximum atomic E-state index is 12.3. The van der Waals surface area contributed by atoms with E-state index in [1.165, 1.54) is 11.3 Å². The van der Waals surface area contributed by atoms with Crippen LogP contribution in [-0.4, -0.2) is 40.8 Å². The fraction of sp³-hybridized carbons (Fsp3) is 0.615. The molecule has 3 rings (SSSR count). The summed E-state index contributed by atoms with van der Waals surface area (Å²) in [5, 5.41) is 5.36. The van der Waals surface area contributed by atoms with E-state index in [2.05, 4.69) is 10.3 Å². The summed E-state index contributed by atoms with van der Waals surface area (Å²) in [4.78, 5) is 29.7. The van der Waals surface area contributed by atoms with Crippen LogP contribution in [0, 0.1) is 5.92 Å². The van der Waals surface area contributed by atoms with Crippen LogP contribution in [0.5, 0.6) is 0 Å². The van der Waals surface area contributed by atoms with Crippen LogP contribution in [0.15, 0.2) is 5.38 Å². The highest BCUT2D eigenvalue weighted by Crippen LogP contribution is 2.25. The summed E-state index contributed by atoms with van der Waals surface area (Å²) in [6, 6.07) is 0.246. The number of hydrogen-bond acceptors (Lipinski definition) is 5. The van der Waals surface area contributed by atoms with Gasteiger partial charge in [-0.3, -0.25) is 9.59 Å². The average Bonchev–Trinajstić information content (AvgIpc) is 2.83. The second kappa shape index (κ2) is 5.40. The van der Waals surface area contributed by atoms with Gasteiger partial charge in [0.25, 0.3) is 0 Å². The molecule has 0 radical (unpaired) electrons. The first-order valence-corrected chi connectivity index (χ1v) is 7.77. The molecule has 2 fully saturated rings. The number of fused-ring (bicyclic) bond motifs is 1. The first-order chi connectivity index (χ1) is 9.61. The van der Waals surface area contributed by atoms with E-state index in [0.29, 0.717) is 30.4 Å². The smallest absolute Gasteiger partial charge is 0.228 e. The van der Waals surface area contributed by atoms with Crippen molar-refractivity contribution in [2.75, 3.05) is 18.8 Å². The van der Waals surface area contributed by atoms with Crippen molar-refractivity contribution in [2.24, 2.45) is 5.92 Å². The Morgan fingerprint density at radius 3 is 3.15 bits per heavy atom. The molecule has 0 spiro atoms. The normalized spacial score (nSPS) is 26.0. The van der Waals surface area contributed by atoms with Gasteiger partial charge >= 0.3 is 0 Å². The molecule has 108 valence electrons. The van der Waals surface area contributed by atoms with E-state index < -0.39 is 0 Å². The molecule has 3 N–H and O–H groups in total. The summed E-state index contributed by atoms with van der Waals surface area (Å²) >= 11 is 1.36. The number of piperidine rings is 2. The summed E-state index contributed by atoms with van der Waals surface area (Å²) < 4.78 is 0. The van der Waals surface area contributed by atoms with Crippen molar-refractivity contribution in [3.05, 3.63) is 11.1 Å². The Hall–Kier alpha value is -1.63. The number of hydrogen-bond donors (Lipinski definition) is 2. The number of amides is 2. The second-order valence-electron chi connectivity index (χ2n) is 5.46. The van der Waals surface area contributed by atoms with Crippen LogP contribution in [0.25, 0.3) is 0 Å². The zero-order chi connectivity index (χ0) is 14.1. The molecular weight excluding hydrogens is 276 g/mol. The molecule has 2 aliphatic rings. The van der Waals surface area contributed by atoms with E-state index in [0.717, 1.165) is 25.1 Å². The molecule has 0 saturated carbocycles. The summed E-state index contributed by atoms with van der Waals surface area (Å²) in [5.74, 6) is 0.639. The SMILES string of the molecule is Nc1nc(CC(=O)N2CCC3NC(=O)CCC3C2)cs1. The molecule has 2 atom stereocenters. The molecule has 1 aromatic heterocycles. The molecule has 2 saturated heterocycles. The highest BCUT2D eigenvalue weighted by molar-refractivity contribution is 7.13. The number of nitrogen functional groups attached to an aromatic ring is 1. The van der Waals surface area contributed by atoms with Crippen molar-refractivity contribution in [2.45, 2.75) is 31.7 Å². The fourth-order valence-electron chi connectivity index (χ4n) is 3.01. The molecule has 0 aromatic carbocycles. The number of rotatable bonds is 2. The van der Waals surface area contributed by atoms with Crippen molar-refractivity contribution < 1.29 is 9.59 Å². The van der Waals surface area contributed by atoms with E-state index in [4.69, 9.17) is 5.73 Å². The van der Waals surface area contributed by atoms with Gasteiger partial charge in [0.15, 0.2) is 5.13 Å². The maximum absolute atomic E-state index is 12.3. The van der Waals surface area contributed by atoms with Crippen LogP contribution in [-0.2, 0) is 16.0 Å². The Bertz CT molecular complexity index is 530. The Labute approximate surface area is 121 Å². The van der Waals surface area contributed by atoms with E-state index >= 15 is 0 Å². The van der Waals surface area contributed by atoms with Gasteiger partial charge in [-0.25, -0.2) is 4.98 Å². The van der Waals surface area contributed by atoms with Gasteiger partial charge in [-0.2, -0.15) is 0 Å². The first-order valence-electron chi connectivity index (χ1n) is 6.89. The van der Waals surface area contributed by atoms with Crippen LogP contribution in [0.3, 0.4) is 0 Å². The van der Waals surface area contributed by atoms with Crippen molar-refractivity contribution in [3.63, 3.8) is 0 Å². The van der Waals surface area contributed by atoms with Crippen LogP contribution in [0.4, 0.5) is 5.13 Å². The topological polar surface area (TPSA) is 88.3 Å². The summed E-state index contributed by atoms with van der Waals surface area (Å²) in [7, 11) is 0. The van der Waals surface area contributed by atoms with Crippen LogP contribution >= 0.6 is 11.3 Å². The second-order valence-corrected chi connectivity index (χ2v) is 6.34. The van der Waals surface area contributed by atoms with E-state index in [1.54, 1.807) is 0 Å². The van der Waals surface area contributed by atoms with Crippen molar-refractivity contribution in [1.29, 1.82) is 0 Å². The lowest BCUT2D eigenvalue weighted by Crippen LogP contribution is -2.55. The number of anilines is 1. The van der Waals surface area contributed by atoms with E-state index in [1.807, 2.05) is 10.3 Å². The number of nitrogens with zero attached hydrogens (tertiary/aromatic N) is 2. The van der Waals surface area contributed by atoms with Gasteiger partial charge < -0.3 is 16.0 Å². The number of thiazole rings is 1. The van der Waals surface area contributed by atoms with Gasteiger partial charge in [-0.1, -0.05) is 0 Å². The maximum Gasteiger partial charge on any atom is 0.228 e. The highest BCUT2D eigenvalue weighted by Gasteiger charge is 2.35. The van der Waals surface area contributed by atoms with Crippen LogP contribution < -0.4 is 11.1 Å². The molecule has 7 heteroatoms. The standard InChI is InChI=1S/C13H18N4O2S/c14-13-15-9(7-20-13)5-12(19)17-4-3-10-8(6-17)1-2-11(18)16-10/h7-8,10H,1-6H2,(H2,14,15)(H,16,18). The lowest BCUT2D eigenvalue weighted by Gasteiger charge is -2.41. The number of likely N-dealkylation sites (tertiary alicyclic amines) is 1. The van der Waals surface area contributed by atoms with Crippen LogP contribution in [0.1, 0.15) is 25.0 Å². The third kappa shape index (κ3) is 2.77. The van der Waals surface area contributed by atoms with Gasteiger partial charge in [0.2, 0.25) is 11.8 Å². The minimum absolute atomic E-state index is 0.102. The molecule has 3 heterocycles. The first kappa shape index (κ1) is 13.4. The van der Waals surface area contributed by atoms with Gasteiger partial charge in [0.05, 0.1) is 12.1 Å². The Morgan fingerprint density at radius 1 is 1.55 bits per heavy atom. The summed E-state index contributed by atoms with van der Waals surface area (Å²) in [6.45, 7) is 1.45. The van der Waals surface area contributed by atoms with E-state index in [9.17, 15) is 9.59 Å². The molecule has 1 aromatic rings. The van der Waals surface area contributed by atoms with Crippen LogP contribution in [0.2, 0.25) is 0 Å². The van der Waals surface area contributed by atoms with E-state index in [-0.39, 0.29) is 17.9 Å². The minimum Gasteiger partial charge on any atom is -0.375 e. The summed E-state index contributed by atoms with van der Waals surface area (Å²) in [6.07, 6.45) is 2.62. The monoisotopic (exact) mass is 294 g/mol. The molecule has 0 aliphatic carbocycles. The fourth-order valence-corrected chi connectivity index (χ4v) is 3.57. The van der Waals surface area contributed by atoms with Gasteiger partial charge in [0.1, 0.15) is 0 Å². The molecular formula is C13H18N4O2S. The Morgan fingerprint density at radius 2 is 2.40 bits per heavy atom. The van der Waals surface area contributed by atoms with Gasteiger partial charge in [-0.05, 0) is 18.8 Å². The highest BCUT2D eigenvalue weighted by atomic mass is 32.1. The van der Waals surface area contributed by atoms with Crippen molar-refractivity contribution in [3.8, 4) is 0 Å². The Kier molecular flexibility index (Phi) is 3.60. The molecule has 2 unspecified atom stereocenters. The predicted octanol–water partition coefficient (Wildman–Crippen LogP) is 0.395. The molecule has 0 bridgehead atoms. The predicted molar refractivity (Wildman–Crippen MR) is 76.1 cm³/mol. The Balaban J connectivity index is 1.58. The number of nitrogens with two attached hydrogens (primary N) is 1. The lowest BCUT2D eigenvalue weighted by atomic mass is 9.85. The van der Waals surface area contributed by atoms with Crippen molar-refractivity contribution >= 4 is 28.3 Å². The molecule has 6 nitrogen and oxygen atoms in total. The number of carbonyl (C=O) groups excluding carboxylic acids is 2. The third-order valence-corrected chi connectivity index (χ3v) is 4.80. The van der Waals surface area contributed by atoms with Crippen molar-refractivity contribution in [1.82, 2.24) is 15.2 Å². The summed E-state index contributed by atoms with van der Waals surface area (Å²) in [5.41, 5.74) is 6.32.